The molecule has 2 heterocycles. The highest BCUT2D eigenvalue weighted by atomic mass is 32.1. The van der Waals surface area contributed by atoms with Crippen LogP contribution in [0.1, 0.15) is 31.7 Å². The molecule has 0 atom stereocenters. The summed E-state index contributed by atoms with van der Waals surface area (Å²) in [7, 11) is 3.22. The third-order valence-electron chi connectivity index (χ3n) is 4.83. The highest BCUT2D eigenvalue weighted by Crippen LogP contribution is 2.33. The zero-order chi connectivity index (χ0) is 22.7. The van der Waals surface area contributed by atoms with Crippen molar-refractivity contribution in [2.45, 2.75) is 26.7 Å². The standard InChI is InChI=1S/C24H25N3O4S/c1-6-30-16-8-10-19-17(12-16)18(25-24-27-26-23(32-24)14(2)3)13-21(31-19)15-7-9-20(28-4)22(11-15)29-5/h7-14H,6H2,1-5H3. The van der Waals surface area contributed by atoms with E-state index in [0.717, 1.165) is 27.1 Å². The Morgan fingerprint density at radius 2 is 1.81 bits per heavy atom. The molecule has 0 aliphatic heterocycles. The van der Waals surface area contributed by atoms with Gasteiger partial charge in [0.05, 0.1) is 26.2 Å². The Labute approximate surface area is 190 Å². The Morgan fingerprint density at radius 1 is 1.00 bits per heavy atom. The number of hydrogen-bond donors (Lipinski definition) is 0. The van der Waals surface area contributed by atoms with E-state index in [4.69, 9.17) is 23.6 Å². The van der Waals surface area contributed by atoms with E-state index in [2.05, 4.69) is 24.0 Å². The van der Waals surface area contributed by atoms with Crippen LogP contribution in [0.5, 0.6) is 17.2 Å². The SMILES string of the molecule is CCOc1ccc2oc(-c3ccc(OC)c(OC)c3)cc(=Nc3nnc(C(C)C)s3)c2c1. The maximum Gasteiger partial charge on any atom is 0.232 e. The number of methoxy groups -OCH3 is 2. The van der Waals surface area contributed by atoms with Gasteiger partial charge in [-0.05, 0) is 43.3 Å². The van der Waals surface area contributed by atoms with Gasteiger partial charge in [0.25, 0.3) is 0 Å². The van der Waals surface area contributed by atoms with Gasteiger partial charge in [-0.3, -0.25) is 0 Å². The second-order valence-corrected chi connectivity index (χ2v) is 8.33. The van der Waals surface area contributed by atoms with Gasteiger partial charge >= 0.3 is 0 Å². The number of benzene rings is 2. The molecule has 8 heteroatoms. The van der Waals surface area contributed by atoms with Crippen LogP contribution in [-0.2, 0) is 0 Å². The molecule has 166 valence electrons. The van der Waals surface area contributed by atoms with E-state index >= 15 is 0 Å². The molecule has 0 unspecified atom stereocenters. The molecule has 0 saturated carbocycles. The van der Waals surface area contributed by atoms with Crippen LogP contribution >= 0.6 is 11.3 Å². The minimum Gasteiger partial charge on any atom is -0.494 e. The third-order valence-corrected chi connectivity index (χ3v) is 5.95. The van der Waals surface area contributed by atoms with Crippen LogP contribution in [-0.4, -0.2) is 31.0 Å². The summed E-state index contributed by atoms with van der Waals surface area (Å²) in [6, 6.07) is 13.3. The molecule has 2 aromatic carbocycles. The average Bonchev–Trinajstić information content (AvgIpc) is 3.28. The molecule has 0 amide bonds. The molecule has 0 radical (unpaired) electrons. The van der Waals surface area contributed by atoms with Crippen LogP contribution in [0.2, 0.25) is 0 Å². The highest BCUT2D eigenvalue weighted by molar-refractivity contribution is 7.15. The van der Waals surface area contributed by atoms with Gasteiger partial charge in [0.2, 0.25) is 5.13 Å². The van der Waals surface area contributed by atoms with Crippen molar-refractivity contribution in [3.63, 3.8) is 0 Å². The van der Waals surface area contributed by atoms with Crippen molar-refractivity contribution in [1.82, 2.24) is 10.2 Å². The smallest absolute Gasteiger partial charge is 0.232 e. The van der Waals surface area contributed by atoms with Gasteiger partial charge in [0.15, 0.2) is 11.5 Å². The molecule has 0 saturated heterocycles. The molecular formula is C24H25N3O4S. The van der Waals surface area contributed by atoms with Crippen LogP contribution in [0.4, 0.5) is 5.13 Å². The topological polar surface area (TPSA) is 79.0 Å². The lowest BCUT2D eigenvalue weighted by molar-refractivity contribution is 0.340. The Hall–Kier alpha value is -3.39. The molecule has 7 nitrogen and oxygen atoms in total. The van der Waals surface area contributed by atoms with E-state index in [-0.39, 0.29) is 0 Å². The summed E-state index contributed by atoms with van der Waals surface area (Å²) < 4.78 is 22.7. The quantitative estimate of drug-likeness (QED) is 0.357. The maximum absolute atomic E-state index is 6.23. The predicted octanol–water partition coefficient (Wildman–Crippen LogP) is 5.72. The summed E-state index contributed by atoms with van der Waals surface area (Å²) in [4.78, 5) is 4.81. The van der Waals surface area contributed by atoms with Crippen LogP contribution in [0.25, 0.3) is 22.3 Å². The number of nitrogens with zero attached hydrogens (tertiary/aromatic N) is 3. The first-order chi connectivity index (χ1) is 15.5. The van der Waals surface area contributed by atoms with Crippen LogP contribution in [0.3, 0.4) is 0 Å². The zero-order valence-electron chi connectivity index (χ0n) is 18.7. The third kappa shape index (κ3) is 4.45. The van der Waals surface area contributed by atoms with Crippen LogP contribution in [0.15, 0.2) is 51.9 Å². The van der Waals surface area contributed by atoms with Gasteiger partial charge in [0, 0.05) is 22.9 Å². The zero-order valence-corrected chi connectivity index (χ0v) is 19.5. The summed E-state index contributed by atoms with van der Waals surface area (Å²) in [5, 5.41) is 11.6. The first-order valence-electron chi connectivity index (χ1n) is 10.3. The Bertz CT molecular complexity index is 1310. The average molecular weight is 452 g/mol. The largest absolute Gasteiger partial charge is 0.494 e. The Balaban J connectivity index is 1.92. The van der Waals surface area contributed by atoms with E-state index in [0.29, 0.717) is 40.5 Å². The first-order valence-corrected chi connectivity index (χ1v) is 11.1. The molecule has 4 aromatic rings. The molecule has 32 heavy (non-hydrogen) atoms. The fourth-order valence-electron chi connectivity index (χ4n) is 3.24. The highest BCUT2D eigenvalue weighted by Gasteiger charge is 2.12. The van der Waals surface area contributed by atoms with Crippen molar-refractivity contribution >= 4 is 27.4 Å². The number of rotatable bonds is 7. The fourth-order valence-corrected chi connectivity index (χ4v) is 3.97. The van der Waals surface area contributed by atoms with Gasteiger partial charge in [-0.25, -0.2) is 4.99 Å². The summed E-state index contributed by atoms with van der Waals surface area (Å²) in [5.74, 6) is 2.97. The molecule has 2 aromatic heterocycles. The van der Waals surface area contributed by atoms with Gasteiger partial charge in [0.1, 0.15) is 22.1 Å². The fraction of sp³-hybridized carbons (Fsp3) is 0.292. The second kappa shape index (κ2) is 9.40. The molecule has 0 fully saturated rings. The molecule has 0 bridgehead atoms. The van der Waals surface area contributed by atoms with E-state index in [1.807, 2.05) is 49.4 Å². The minimum atomic E-state index is 0.297. The van der Waals surface area contributed by atoms with E-state index in [9.17, 15) is 0 Å². The number of hydrogen-bond acceptors (Lipinski definition) is 8. The van der Waals surface area contributed by atoms with Crippen molar-refractivity contribution in [3.8, 4) is 28.6 Å². The first kappa shape index (κ1) is 21.8. The number of fused-ring (bicyclic) bond motifs is 1. The maximum atomic E-state index is 6.23. The van der Waals surface area contributed by atoms with Crippen molar-refractivity contribution in [1.29, 1.82) is 0 Å². The molecule has 0 spiro atoms. The van der Waals surface area contributed by atoms with Crippen molar-refractivity contribution in [3.05, 3.63) is 52.8 Å². The van der Waals surface area contributed by atoms with Crippen molar-refractivity contribution < 1.29 is 18.6 Å². The van der Waals surface area contributed by atoms with Gasteiger partial charge in [-0.2, -0.15) is 0 Å². The molecule has 0 aliphatic carbocycles. The number of ether oxygens (including phenoxy) is 3. The summed E-state index contributed by atoms with van der Waals surface area (Å²) in [5.41, 5.74) is 1.53. The lowest BCUT2D eigenvalue weighted by Gasteiger charge is -2.10. The van der Waals surface area contributed by atoms with Gasteiger partial charge in [-0.1, -0.05) is 25.2 Å². The van der Waals surface area contributed by atoms with E-state index in [1.54, 1.807) is 14.2 Å². The van der Waals surface area contributed by atoms with Crippen LogP contribution < -0.4 is 19.6 Å². The normalized spacial score (nSPS) is 11.9. The van der Waals surface area contributed by atoms with Crippen LogP contribution in [0, 0.1) is 0 Å². The molecule has 4 rings (SSSR count). The predicted molar refractivity (Wildman–Crippen MR) is 125 cm³/mol. The molecule has 0 N–H and O–H groups in total. The minimum absolute atomic E-state index is 0.297. The molecular weight excluding hydrogens is 426 g/mol. The van der Waals surface area contributed by atoms with Crippen molar-refractivity contribution in [2.24, 2.45) is 4.99 Å². The summed E-state index contributed by atoms with van der Waals surface area (Å²) in [6.45, 7) is 6.71. The van der Waals surface area contributed by atoms with Gasteiger partial charge in [-0.15, -0.1) is 10.2 Å². The Morgan fingerprint density at radius 3 is 2.50 bits per heavy atom. The lowest BCUT2D eigenvalue weighted by Crippen LogP contribution is -2.04. The molecule has 0 aliphatic rings. The van der Waals surface area contributed by atoms with E-state index < -0.39 is 0 Å². The van der Waals surface area contributed by atoms with Gasteiger partial charge < -0.3 is 18.6 Å². The van der Waals surface area contributed by atoms with Crippen molar-refractivity contribution in [2.75, 3.05) is 20.8 Å². The monoisotopic (exact) mass is 451 g/mol. The van der Waals surface area contributed by atoms with E-state index in [1.165, 1.54) is 11.3 Å². The second-order valence-electron chi connectivity index (χ2n) is 7.35. The summed E-state index contributed by atoms with van der Waals surface area (Å²) in [6.07, 6.45) is 0. The summed E-state index contributed by atoms with van der Waals surface area (Å²) >= 11 is 1.48. The number of aromatic nitrogens is 2. The Kier molecular flexibility index (Phi) is 6.41. The lowest BCUT2D eigenvalue weighted by atomic mass is 10.1.